The van der Waals surface area contributed by atoms with Crippen LogP contribution in [-0.2, 0) is 0 Å². The molecule has 0 atom stereocenters. The second-order valence-corrected chi connectivity index (χ2v) is 3.57. The minimum atomic E-state index is -0.555. The molecule has 0 spiro atoms. The van der Waals surface area contributed by atoms with Crippen LogP contribution < -0.4 is 0 Å². The number of benzene rings is 1. The van der Waals surface area contributed by atoms with E-state index in [2.05, 4.69) is 4.98 Å². The van der Waals surface area contributed by atoms with Crippen molar-refractivity contribution < 1.29 is 9.18 Å². The van der Waals surface area contributed by atoms with E-state index in [1.807, 2.05) is 0 Å². The van der Waals surface area contributed by atoms with E-state index < -0.39 is 11.6 Å². The number of carbonyl (C=O) groups is 1. The number of ketones is 1. The van der Waals surface area contributed by atoms with Gasteiger partial charge < -0.3 is 0 Å². The van der Waals surface area contributed by atoms with E-state index in [1.54, 1.807) is 6.07 Å². The van der Waals surface area contributed by atoms with Gasteiger partial charge in [-0.15, -0.1) is 0 Å². The zero-order chi connectivity index (χ0) is 11.5. The smallest absolute Gasteiger partial charge is 0.197 e. The van der Waals surface area contributed by atoms with E-state index in [-0.39, 0.29) is 16.1 Å². The van der Waals surface area contributed by atoms with Gasteiger partial charge in [0.1, 0.15) is 5.82 Å². The van der Waals surface area contributed by atoms with E-state index in [4.69, 9.17) is 11.6 Å². The standard InChI is InChI=1S/C12H7ClFNO/c13-10-7-15-6-5-8(10)12(16)9-3-1-2-4-11(9)14/h1-7H. The van der Waals surface area contributed by atoms with Gasteiger partial charge in [-0.05, 0) is 18.2 Å². The number of carbonyl (C=O) groups excluding carboxylic acids is 1. The van der Waals surface area contributed by atoms with Crippen molar-refractivity contribution in [2.45, 2.75) is 0 Å². The summed E-state index contributed by atoms with van der Waals surface area (Å²) in [4.78, 5) is 15.7. The third-order valence-corrected chi connectivity index (χ3v) is 2.44. The highest BCUT2D eigenvalue weighted by Gasteiger charge is 2.15. The Morgan fingerprint density at radius 3 is 2.62 bits per heavy atom. The molecular weight excluding hydrogens is 229 g/mol. The van der Waals surface area contributed by atoms with Gasteiger partial charge in [0.05, 0.1) is 10.6 Å². The van der Waals surface area contributed by atoms with Crippen LogP contribution in [0.15, 0.2) is 42.7 Å². The van der Waals surface area contributed by atoms with Crippen molar-refractivity contribution in [2.75, 3.05) is 0 Å². The predicted molar refractivity (Wildman–Crippen MR) is 59.1 cm³/mol. The molecule has 1 aromatic carbocycles. The molecule has 0 bridgehead atoms. The molecule has 0 aliphatic carbocycles. The van der Waals surface area contributed by atoms with Gasteiger partial charge in [0.15, 0.2) is 5.78 Å². The fraction of sp³-hybridized carbons (Fsp3) is 0. The number of pyridine rings is 1. The highest BCUT2D eigenvalue weighted by molar-refractivity contribution is 6.34. The molecule has 1 aromatic heterocycles. The Bertz CT molecular complexity index is 495. The summed E-state index contributed by atoms with van der Waals surface area (Å²) in [5.74, 6) is -0.995. The molecule has 0 amide bonds. The number of hydrogen-bond donors (Lipinski definition) is 0. The molecule has 2 nitrogen and oxygen atoms in total. The molecule has 0 aliphatic heterocycles. The fourth-order valence-electron chi connectivity index (χ4n) is 1.35. The van der Waals surface area contributed by atoms with Gasteiger partial charge in [-0.3, -0.25) is 9.78 Å². The lowest BCUT2D eigenvalue weighted by Gasteiger charge is -2.03. The van der Waals surface area contributed by atoms with Gasteiger partial charge in [0.2, 0.25) is 0 Å². The van der Waals surface area contributed by atoms with E-state index in [9.17, 15) is 9.18 Å². The Kier molecular flexibility index (Phi) is 2.97. The summed E-state index contributed by atoms with van der Waals surface area (Å²) < 4.78 is 13.4. The van der Waals surface area contributed by atoms with Crippen molar-refractivity contribution in [3.8, 4) is 0 Å². The fourth-order valence-corrected chi connectivity index (χ4v) is 1.55. The first-order valence-electron chi connectivity index (χ1n) is 4.59. The van der Waals surface area contributed by atoms with E-state index in [0.717, 1.165) is 0 Å². The zero-order valence-corrected chi connectivity index (χ0v) is 8.91. The van der Waals surface area contributed by atoms with Crippen molar-refractivity contribution in [1.29, 1.82) is 0 Å². The minimum Gasteiger partial charge on any atom is -0.288 e. The van der Waals surface area contributed by atoms with Crippen LogP contribution in [0.5, 0.6) is 0 Å². The molecule has 0 saturated heterocycles. The molecule has 0 fully saturated rings. The summed E-state index contributed by atoms with van der Waals surface area (Å²) in [6.45, 7) is 0. The average molecular weight is 236 g/mol. The number of nitrogens with zero attached hydrogens (tertiary/aromatic N) is 1. The largest absolute Gasteiger partial charge is 0.288 e. The summed E-state index contributed by atoms with van der Waals surface area (Å²) in [6, 6.07) is 7.26. The highest BCUT2D eigenvalue weighted by Crippen LogP contribution is 2.19. The van der Waals surface area contributed by atoms with Crippen LogP contribution in [0.25, 0.3) is 0 Å². The number of aromatic nitrogens is 1. The van der Waals surface area contributed by atoms with Crippen LogP contribution in [0.1, 0.15) is 15.9 Å². The monoisotopic (exact) mass is 235 g/mol. The summed E-state index contributed by atoms with van der Waals surface area (Å²) in [5.41, 5.74) is 0.261. The first-order chi connectivity index (χ1) is 7.70. The average Bonchev–Trinajstić information content (AvgIpc) is 2.29. The molecule has 16 heavy (non-hydrogen) atoms. The van der Waals surface area contributed by atoms with Crippen LogP contribution in [0.3, 0.4) is 0 Å². The molecular formula is C12H7ClFNO. The van der Waals surface area contributed by atoms with Crippen molar-refractivity contribution in [3.63, 3.8) is 0 Å². The molecule has 0 saturated carbocycles. The predicted octanol–water partition coefficient (Wildman–Crippen LogP) is 3.11. The van der Waals surface area contributed by atoms with Crippen molar-refractivity contribution in [3.05, 3.63) is 64.7 Å². The van der Waals surface area contributed by atoms with Crippen LogP contribution in [0.4, 0.5) is 4.39 Å². The maximum Gasteiger partial charge on any atom is 0.197 e. The highest BCUT2D eigenvalue weighted by atomic mass is 35.5. The molecule has 2 aromatic rings. The van der Waals surface area contributed by atoms with Gasteiger partial charge in [-0.1, -0.05) is 23.7 Å². The minimum absolute atomic E-state index is 0.00981. The van der Waals surface area contributed by atoms with E-state index in [1.165, 1.54) is 36.7 Å². The molecule has 0 radical (unpaired) electrons. The Balaban J connectivity index is 2.48. The maximum atomic E-state index is 13.4. The van der Waals surface area contributed by atoms with Gasteiger partial charge in [0.25, 0.3) is 0 Å². The van der Waals surface area contributed by atoms with Gasteiger partial charge in [0, 0.05) is 18.0 Å². The summed E-state index contributed by atoms with van der Waals surface area (Å²) in [7, 11) is 0. The quantitative estimate of drug-likeness (QED) is 0.749. The summed E-state index contributed by atoms with van der Waals surface area (Å²) in [6.07, 6.45) is 2.80. The lowest BCUT2D eigenvalue weighted by molar-refractivity contribution is 0.103. The maximum absolute atomic E-state index is 13.4. The molecule has 4 heteroatoms. The second-order valence-electron chi connectivity index (χ2n) is 3.16. The van der Waals surface area contributed by atoms with Crippen molar-refractivity contribution in [2.24, 2.45) is 0 Å². The van der Waals surface area contributed by atoms with Crippen LogP contribution in [0.2, 0.25) is 5.02 Å². The third kappa shape index (κ3) is 1.95. The van der Waals surface area contributed by atoms with Crippen molar-refractivity contribution >= 4 is 17.4 Å². The number of hydrogen-bond acceptors (Lipinski definition) is 2. The lowest BCUT2D eigenvalue weighted by atomic mass is 10.0. The topological polar surface area (TPSA) is 30.0 Å². The van der Waals surface area contributed by atoms with Gasteiger partial charge in [-0.2, -0.15) is 0 Å². The molecule has 0 N–H and O–H groups in total. The zero-order valence-electron chi connectivity index (χ0n) is 8.15. The van der Waals surface area contributed by atoms with Crippen LogP contribution in [-0.4, -0.2) is 10.8 Å². The summed E-state index contributed by atoms with van der Waals surface area (Å²) >= 11 is 5.82. The Morgan fingerprint density at radius 1 is 1.19 bits per heavy atom. The van der Waals surface area contributed by atoms with Crippen LogP contribution in [0, 0.1) is 5.82 Å². The first-order valence-corrected chi connectivity index (χ1v) is 4.96. The Hall–Kier alpha value is -1.74. The third-order valence-electron chi connectivity index (χ3n) is 2.14. The number of rotatable bonds is 2. The molecule has 80 valence electrons. The first kappa shape index (κ1) is 10.8. The Morgan fingerprint density at radius 2 is 1.94 bits per heavy atom. The summed E-state index contributed by atoms with van der Waals surface area (Å²) in [5, 5.41) is 0.218. The van der Waals surface area contributed by atoms with Gasteiger partial charge >= 0.3 is 0 Å². The second kappa shape index (κ2) is 4.41. The van der Waals surface area contributed by atoms with E-state index >= 15 is 0 Å². The SMILES string of the molecule is O=C(c1ccccc1F)c1ccncc1Cl. The van der Waals surface area contributed by atoms with Gasteiger partial charge in [-0.25, -0.2) is 4.39 Å². The van der Waals surface area contributed by atoms with Crippen LogP contribution >= 0.6 is 11.6 Å². The molecule has 2 rings (SSSR count). The number of halogens is 2. The normalized spacial score (nSPS) is 10.1. The molecule has 1 heterocycles. The molecule has 0 unspecified atom stereocenters. The Labute approximate surface area is 96.7 Å². The lowest BCUT2D eigenvalue weighted by Crippen LogP contribution is -2.04. The molecule has 0 aliphatic rings. The van der Waals surface area contributed by atoms with Crippen molar-refractivity contribution in [1.82, 2.24) is 4.98 Å². The van der Waals surface area contributed by atoms with E-state index in [0.29, 0.717) is 0 Å².